The Kier molecular flexibility index (Phi) is 4.93. The smallest absolute Gasteiger partial charge is 0.338 e. The summed E-state index contributed by atoms with van der Waals surface area (Å²) in [4.78, 5) is 23.4. The maximum absolute atomic E-state index is 11.7. The van der Waals surface area contributed by atoms with E-state index in [1.54, 1.807) is 29.6 Å². The number of nitriles is 1. The number of halogens is 1. The van der Waals surface area contributed by atoms with E-state index >= 15 is 0 Å². The van der Waals surface area contributed by atoms with Crippen molar-refractivity contribution in [3.05, 3.63) is 51.9 Å². The third-order valence-electron chi connectivity index (χ3n) is 2.43. The molecule has 0 fully saturated rings. The first-order valence-corrected chi connectivity index (χ1v) is 7.06. The van der Waals surface area contributed by atoms with Gasteiger partial charge in [-0.2, -0.15) is 5.26 Å². The van der Waals surface area contributed by atoms with Crippen LogP contribution in [0.25, 0.3) is 0 Å². The molecule has 2 aromatic rings. The second kappa shape index (κ2) is 6.88. The van der Waals surface area contributed by atoms with Crippen molar-refractivity contribution in [2.45, 2.75) is 0 Å². The number of nitrogens with one attached hydrogen (secondary N) is 1. The topological polar surface area (TPSA) is 79.2 Å². The third kappa shape index (κ3) is 4.05. The predicted octanol–water partition coefficient (Wildman–Crippen LogP) is 3.07. The lowest BCUT2D eigenvalue weighted by Gasteiger charge is -2.05. The van der Waals surface area contributed by atoms with Crippen molar-refractivity contribution in [1.82, 2.24) is 0 Å². The molecule has 1 heterocycles. The fraction of sp³-hybridized carbons (Fsp3) is 0.0714. The molecule has 0 bridgehead atoms. The predicted molar refractivity (Wildman–Crippen MR) is 79.4 cm³/mol. The van der Waals surface area contributed by atoms with Crippen LogP contribution in [0.4, 0.5) is 5.00 Å². The van der Waals surface area contributed by atoms with Gasteiger partial charge in [0, 0.05) is 5.02 Å². The largest absolute Gasteiger partial charge is 0.452 e. The summed E-state index contributed by atoms with van der Waals surface area (Å²) < 4.78 is 4.88. The van der Waals surface area contributed by atoms with Crippen LogP contribution in [0.1, 0.15) is 15.9 Å². The molecule has 0 atom stereocenters. The lowest BCUT2D eigenvalue weighted by atomic mass is 10.2. The Morgan fingerprint density at radius 1 is 1.38 bits per heavy atom. The molecule has 0 unspecified atom stereocenters. The molecule has 0 aliphatic carbocycles. The zero-order chi connectivity index (χ0) is 15.2. The van der Waals surface area contributed by atoms with Gasteiger partial charge in [-0.1, -0.05) is 17.7 Å². The SMILES string of the molecule is N#Cc1ccsc1NC(=O)COC(=O)c1cccc(Cl)c1. The van der Waals surface area contributed by atoms with E-state index in [9.17, 15) is 9.59 Å². The number of carbonyl (C=O) groups excluding carboxylic acids is 2. The van der Waals surface area contributed by atoms with Crippen LogP contribution >= 0.6 is 22.9 Å². The van der Waals surface area contributed by atoms with Crippen molar-refractivity contribution >= 4 is 39.8 Å². The Balaban J connectivity index is 1.90. The zero-order valence-electron chi connectivity index (χ0n) is 10.6. The standard InChI is InChI=1S/C14H9ClN2O3S/c15-11-3-1-2-9(6-11)14(19)20-8-12(18)17-13-10(7-16)4-5-21-13/h1-6H,8H2,(H,17,18). The highest BCUT2D eigenvalue weighted by Gasteiger charge is 2.12. The van der Waals surface area contributed by atoms with Gasteiger partial charge in [0.05, 0.1) is 11.1 Å². The number of ether oxygens (including phenoxy) is 1. The summed E-state index contributed by atoms with van der Waals surface area (Å²) >= 11 is 6.99. The fourth-order valence-electron chi connectivity index (χ4n) is 1.49. The summed E-state index contributed by atoms with van der Waals surface area (Å²) in [7, 11) is 0. The molecule has 0 saturated carbocycles. The average molecular weight is 321 g/mol. The van der Waals surface area contributed by atoms with Crippen LogP contribution in [0.3, 0.4) is 0 Å². The monoisotopic (exact) mass is 320 g/mol. The Morgan fingerprint density at radius 2 is 2.19 bits per heavy atom. The number of thiophene rings is 1. The maximum atomic E-state index is 11.7. The normalized spacial score (nSPS) is 9.71. The lowest BCUT2D eigenvalue weighted by Crippen LogP contribution is -2.20. The molecule has 0 spiro atoms. The minimum atomic E-state index is -0.640. The van der Waals surface area contributed by atoms with E-state index in [1.165, 1.54) is 17.4 Å². The molecule has 1 aromatic heterocycles. The second-order valence-electron chi connectivity index (χ2n) is 3.91. The summed E-state index contributed by atoms with van der Waals surface area (Å²) in [6.45, 7) is -0.436. The van der Waals surface area contributed by atoms with Gasteiger partial charge in [0.1, 0.15) is 11.1 Å². The van der Waals surface area contributed by atoms with E-state index in [4.69, 9.17) is 21.6 Å². The Morgan fingerprint density at radius 3 is 2.90 bits per heavy atom. The number of hydrogen-bond acceptors (Lipinski definition) is 5. The minimum absolute atomic E-state index is 0.268. The molecule has 0 aliphatic rings. The Hall–Kier alpha value is -2.36. The highest BCUT2D eigenvalue weighted by Crippen LogP contribution is 2.21. The lowest BCUT2D eigenvalue weighted by molar-refractivity contribution is -0.119. The van der Waals surface area contributed by atoms with Crippen LogP contribution in [0.5, 0.6) is 0 Å². The van der Waals surface area contributed by atoms with E-state index in [-0.39, 0.29) is 5.56 Å². The molecule has 1 N–H and O–H groups in total. The van der Waals surface area contributed by atoms with Gasteiger partial charge in [0.2, 0.25) is 0 Å². The van der Waals surface area contributed by atoms with Crippen molar-refractivity contribution < 1.29 is 14.3 Å². The molecule has 0 aliphatic heterocycles. The number of amides is 1. The zero-order valence-corrected chi connectivity index (χ0v) is 12.2. The molecule has 2 rings (SSSR count). The first-order chi connectivity index (χ1) is 10.1. The number of benzene rings is 1. The molecule has 0 radical (unpaired) electrons. The van der Waals surface area contributed by atoms with Crippen LogP contribution in [0.2, 0.25) is 5.02 Å². The van der Waals surface area contributed by atoms with Crippen molar-refractivity contribution in [1.29, 1.82) is 5.26 Å². The maximum Gasteiger partial charge on any atom is 0.338 e. The summed E-state index contributed by atoms with van der Waals surface area (Å²) in [5.41, 5.74) is 0.638. The highest BCUT2D eigenvalue weighted by atomic mass is 35.5. The number of nitrogens with zero attached hydrogens (tertiary/aromatic N) is 1. The molecule has 7 heteroatoms. The van der Waals surface area contributed by atoms with Gasteiger partial charge >= 0.3 is 5.97 Å². The summed E-state index contributed by atoms with van der Waals surface area (Å²) in [6, 6.07) is 9.79. The molecule has 1 aromatic carbocycles. The first kappa shape index (κ1) is 15.0. The average Bonchev–Trinajstić information content (AvgIpc) is 2.92. The van der Waals surface area contributed by atoms with Gasteiger partial charge in [-0.05, 0) is 29.6 Å². The van der Waals surface area contributed by atoms with Crippen molar-refractivity contribution in [3.63, 3.8) is 0 Å². The molecular weight excluding hydrogens is 312 g/mol. The van der Waals surface area contributed by atoms with Crippen molar-refractivity contribution in [2.24, 2.45) is 0 Å². The van der Waals surface area contributed by atoms with Crippen molar-refractivity contribution in [3.8, 4) is 6.07 Å². The molecule has 1 amide bonds. The second-order valence-corrected chi connectivity index (χ2v) is 5.26. The van der Waals surface area contributed by atoms with Crippen LogP contribution < -0.4 is 5.32 Å². The van der Waals surface area contributed by atoms with E-state index in [1.807, 2.05) is 6.07 Å². The van der Waals surface area contributed by atoms with E-state index < -0.39 is 18.5 Å². The Bertz CT molecular complexity index is 721. The third-order valence-corrected chi connectivity index (χ3v) is 3.50. The quantitative estimate of drug-likeness (QED) is 0.878. The molecule has 5 nitrogen and oxygen atoms in total. The van der Waals surface area contributed by atoms with Gasteiger partial charge in [-0.25, -0.2) is 4.79 Å². The number of rotatable bonds is 4. The van der Waals surface area contributed by atoms with E-state index in [2.05, 4.69) is 5.32 Å². The minimum Gasteiger partial charge on any atom is -0.452 e. The van der Waals surface area contributed by atoms with Crippen LogP contribution in [-0.2, 0) is 9.53 Å². The molecule has 0 saturated heterocycles. The first-order valence-electron chi connectivity index (χ1n) is 5.80. The number of anilines is 1. The van der Waals surface area contributed by atoms with E-state index in [0.29, 0.717) is 15.6 Å². The van der Waals surface area contributed by atoms with E-state index in [0.717, 1.165) is 0 Å². The van der Waals surface area contributed by atoms with Gasteiger partial charge in [-0.15, -0.1) is 11.3 Å². The van der Waals surface area contributed by atoms with Crippen LogP contribution in [-0.4, -0.2) is 18.5 Å². The summed E-state index contributed by atoms with van der Waals surface area (Å²) in [5, 5.41) is 13.9. The number of hydrogen-bond donors (Lipinski definition) is 1. The van der Waals surface area contributed by atoms with Gasteiger partial charge in [-0.3, -0.25) is 4.79 Å². The number of carbonyl (C=O) groups is 2. The van der Waals surface area contributed by atoms with Crippen molar-refractivity contribution in [2.75, 3.05) is 11.9 Å². The van der Waals surface area contributed by atoms with Gasteiger partial charge < -0.3 is 10.1 Å². The van der Waals surface area contributed by atoms with Gasteiger partial charge in [0.25, 0.3) is 5.91 Å². The highest BCUT2D eigenvalue weighted by molar-refractivity contribution is 7.14. The summed E-state index contributed by atoms with van der Waals surface area (Å²) in [6.07, 6.45) is 0. The summed E-state index contributed by atoms with van der Waals surface area (Å²) in [5.74, 6) is -1.15. The van der Waals surface area contributed by atoms with Crippen LogP contribution in [0, 0.1) is 11.3 Å². The van der Waals surface area contributed by atoms with Gasteiger partial charge in [0.15, 0.2) is 6.61 Å². The number of esters is 1. The molecule has 106 valence electrons. The molecular formula is C14H9ClN2O3S. The Labute approximate surface area is 129 Å². The van der Waals surface area contributed by atoms with Crippen LogP contribution in [0.15, 0.2) is 35.7 Å². The molecule has 21 heavy (non-hydrogen) atoms. The fourth-order valence-corrected chi connectivity index (χ4v) is 2.43.